The molecule has 1 N–H and O–H groups in total. The van der Waals surface area contributed by atoms with Gasteiger partial charge in [-0.05, 0) is 63.9 Å². The zero-order chi connectivity index (χ0) is 21.3. The van der Waals surface area contributed by atoms with Gasteiger partial charge in [0.05, 0.1) is 12.8 Å². The van der Waals surface area contributed by atoms with Gasteiger partial charge in [0.2, 0.25) is 0 Å². The maximum absolute atomic E-state index is 12.9. The first-order chi connectivity index (χ1) is 14.4. The SMILES string of the molecule is CCOc1ccc(-n2c(C)cc(C=NN3C(=O)NC4(CCCCC4)C3=O)c2C)cc1. The van der Waals surface area contributed by atoms with Crippen molar-refractivity contribution < 1.29 is 14.3 Å². The third-order valence-corrected chi connectivity index (χ3v) is 6.04. The number of hydrazone groups is 1. The number of rotatable bonds is 5. The Morgan fingerprint density at radius 1 is 1.13 bits per heavy atom. The maximum atomic E-state index is 12.9. The smallest absolute Gasteiger partial charge is 0.346 e. The zero-order valence-electron chi connectivity index (χ0n) is 17.8. The topological polar surface area (TPSA) is 75.9 Å². The molecule has 2 fully saturated rings. The first-order valence-electron chi connectivity index (χ1n) is 10.6. The van der Waals surface area contributed by atoms with Gasteiger partial charge in [-0.2, -0.15) is 5.10 Å². The molecule has 1 aliphatic carbocycles. The molecule has 1 spiro atoms. The standard InChI is InChI=1S/C23H28N4O3/c1-4-30-20-10-8-19(9-11-20)26-16(2)14-18(17(26)3)15-24-27-21(28)23(25-22(27)29)12-6-5-7-13-23/h8-11,14-15H,4-7,12-13H2,1-3H3,(H,25,29). The highest BCUT2D eigenvalue weighted by Gasteiger charge is 2.51. The van der Waals surface area contributed by atoms with E-state index in [1.54, 1.807) is 6.21 Å². The van der Waals surface area contributed by atoms with Crippen molar-refractivity contribution in [1.82, 2.24) is 14.9 Å². The molecule has 2 heterocycles. The molecule has 30 heavy (non-hydrogen) atoms. The molecule has 1 saturated carbocycles. The van der Waals surface area contributed by atoms with Crippen molar-refractivity contribution in [2.45, 2.75) is 58.4 Å². The number of benzene rings is 1. The number of ether oxygens (including phenoxy) is 1. The Balaban J connectivity index is 1.57. The number of hydrogen-bond acceptors (Lipinski definition) is 4. The molecule has 1 aromatic carbocycles. The third kappa shape index (κ3) is 3.49. The van der Waals surface area contributed by atoms with E-state index >= 15 is 0 Å². The monoisotopic (exact) mass is 408 g/mol. The van der Waals surface area contributed by atoms with E-state index < -0.39 is 11.6 Å². The molecule has 1 saturated heterocycles. The molecule has 7 heteroatoms. The molecule has 0 atom stereocenters. The summed E-state index contributed by atoms with van der Waals surface area (Å²) >= 11 is 0. The molecule has 158 valence electrons. The van der Waals surface area contributed by atoms with Crippen LogP contribution in [0, 0.1) is 13.8 Å². The van der Waals surface area contributed by atoms with Crippen LogP contribution in [0.1, 0.15) is 56.0 Å². The van der Waals surface area contributed by atoms with E-state index in [0.717, 1.165) is 52.7 Å². The lowest BCUT2D eigenvalue weighted by Crippen LogP contribution is -2.48. The molecule has 2 aromatic rings. The second kappa shape index (κ2) is 7.97. The molecule has 0 radical (unpaired) electrons. The van der Waals surface area contributed by atoms with Crippen LogP contribution in [0.5, 0.6) is 5.75 Å². The Kier molecular flexibility index (Phi) is 5.37. The zero-order valence-corrected chi connectivity index (χ0v) is 17.8. The number of aryl methyl sites for hydroxylation is 1. The van der Waals surface area contributed by atoms with Crippen molar-refractivity contribution in [3.05, 3.63) is 47.3 Å². The number of nitrogens with zero attached hydrogens (tertiary/aromatic N) is 3. The molecule has 1 aliphatic heterocycles. The van der Waals surface area contributed by atoms with Gasteiger partial charge in [-0.1, -0.05) is 19.3 Å². The van der Waals surface area contributed by atoms with Crippen LogP contribution in [0.25, 0.3) is 5.69 Å². The van der Waals surface area contributed by atoms with Crippen molar-refractivity contribution in [3.8, 4) is 11.4 Å². The summed E-state index contributed by atoms with van der Waals surface area (Å²) in [6.07, 6.45) is 5.99. The van der Waals surface area contributed by atoms with Crippen LogP contribution >= 0.6 is 0 Å². The minimum atomic E-state index is -0.758. The fourth-order valence-corrected chi connectivity index (χ4v) is 4.50. The second-order valence-corrected chi connectivity index (χ2v) is 8.02. The number of hydrogen-bond donors (Lipinski definition) is 1. The lowest BCUT2D eigenvalue weighted by atomic mass is 9.82. The quantitative estimate of drug-likeness (QED) is 0.598. The summed E-state index contributed by atoms with van der Waals surface area (Å²) in [6, 6.07) is 9.49. The summed E-state index contributed by atoms with van der Waals surface area (Å²) in [5.41, 5.74) is 3.15. The minimum Gasteiger partial charge on any atom is -0.494 e. The van der Waals surface area contributed by atoms with Crippen LogP contribution < -0.4 is 10.1 Å². The second-order valence-electron chi connectivity index (χ2n) is 8.02. The predicted octanol–water partition coefficient (Wildman–Crippen LogP) is 4.08. The Morgan fingerprint density at radius 2 is 1.83 bits per heavy atom. The van der Waals surface area contributed by atoms with E-state index in [0.29, 0.717) is 19.4 Å². The summed E-state index contributed by atoms with van der Waals surface area (Å²) in [4.78, 5) is 25.3. The van der Waals surface area contributed by atoms with Crippen molar-refractivity contribution in [1.29, 1.82) is 0 Å². The first kappa shape index (κ1) is 20.2. The molecular weight excluding hydrogens is 380 g/mol. The van der Waals surface area contributed by atoms with Crippen molar-refractivity contribution in [2.75, 3.05) is 6.61 Å². The highest BCUT2D eigenvalue weighted by Crippen LogP contribution is 2.33. The predicted molar refractivity (Wildman–Crippen MR) is 115 cm³/mol. The molecule has 0 unspecified atom stereocenters. The summed E-state index contributed by atoms with van der Waals surface area (Å²) in [5.74, 6) is 0.601. The van der Waals surface area contributed by atoms with Gasteiger partial charge in [0.15, 0.2) is 0 Å². The molecule has 4 rings (SSSR count). The van der Waals surface area contributed by atoms with Crippen molar-refractivity contribution in [3.63, 3.8) is 0 Å². The van der Waals surface area contributed by atoms with E-state index in [1.165, 1.54) is 0 Å². The third-order valence-electron chi connectivity index (χ3n) is 6.04. The largest absolute Gasteiger partial charge is 0.494 e. The maximum Gasteiger partial charge on any atom is 0.346 e. The fraction of sp³-hybridized carbons (Fsp3) is 0.435. The average Bonchev–Trinajstić information content (AvgIpc) is 3.14. The van der Waals surface area contributed by atoms with Crippen LogP contribution in [0.3, 0.4) is 0 Å². The number of carbonyl (C=O) groups is 2. The van der Waals surface area contributed by atoms with Gasteiger partial charge in [-0.15, -0.1) is 5.01 Å². The lowest BCUT2D eigenvalue weighted by molar-refractivity contribution is -0.132. The Hall–Kier alpha value is -3.09. The van der Waals surface area contributed by atoms with E-state index in [1.807, 2.05) is 51.1 Å². The molecule has 1 aromatic heterocycles. The van der Waals surface area contributed by atoms with E-state index in [2.05, 4.69) is 15.0 Å². The van der Waals surface area contributed by atoms with Crippen LogP contribution in [-0.4, -0.2) is 39.9 Å². The van der Waals surface area contributed by atoms with Crippen molar-refractivity contribution in [2.24, 2.45) is 5.10 Å². The molecule has 2 aliphatic rings. The van der Waals surface area contributed by atoms with Gasteiger partial charge in [0.1, 0.15) is 11.3 Å². The van der Waals surface area contributed by atoms with Gasteiger partial charge in [-0.3, -0.25) is 4.79 Å². The summed E-state index contributed by atoms with van der Waals surface area (Å²) in [5, 5.41) is 8.14. The summed E-state index contributed by atoms with van der Waals surface area (Å²) in [7, 11) is 0. The van der Waals surface area contributed by atoms with Gasteiger partial charge in [0, 0.05) is 22.6 Å². The van der Waals surface area contributed by atoms with Gasteiger partial charge in [-0.25, -0.2) is 4.79 Å². The number of nitrogens with one attached hydrogen (secondary N) is 1. The summed E-state index contributed by atoms with van der Waals surface area (Å²) in [6.45, 7) is 6.61. The van der Waals surface area contributed by atoms with Gasteiger partial charge in [0.25, 0.3) is 5.91 Å². The normalized spacial score (nSPS) is 18.4. The van der Waals surface area contributed by atoms with Crippen LogP contribution in [0.4, 0.5) is 4.79 Å². The highest BCUT2D eigenvalue weighted by atomic mass is 16.5. The van der Waals surface area contributed by atoms with Crippen molar-refractivity contribution >= 4 is 18.2 Å². The number of imide groups is 1. The number of amides is 3. The summed E-state index contributed by atoms with van der Waals surface area (Å²) < 4.78 is 7.64. The Bertz CT molecular complexity index is 985. The fourth-order valence-electron chi connectivity index (χ4n) is 4.50. The van der Waals surface area contributed by atoms with E-state index in [-0.39, 0.29) is 5.91 Å². The molecule has 0 bridgehead atoms. The molecule has 3 amide bonds. The first-order valence-corrected chi connectivity index (χ1v) is 10.6. The minimum absolute atomic E-state index is 0.233. The van der Waals surface area contributed by atoms with Crippen LogP contribution in [-0.2, 0) is 4.79 Å². The van der Waals surface area contributed by atoms with Crippen LogP contribution in [0.2, 0.25) is 0 Å². The Labute approximate surface area is 176 Å². The van der Waals surface area contributed by atoms with Gasteiger partial charge >= 0.3 is 6.03 Å². The molecular formula is C23H28N4O3. The molecule has 7 nitrogen and oxygen atoms in total. The van der Waals surface area contributed by atoms with Crippen LogP contribution in [0.15, 0.2) is 35.4 Å². The average molecular weight is 409 g/mol. The Morgan fingerprint density at radius 3 is 2.50 bits per heavy atom. The van der Waals surface area contributed by atoms with Gasteiger partial charge < -0.3 is 14.6 Å². The number of carbonyl (C=O) groups excluding carboxylic acids is 2. The number of urea groups is 1. The van der Waals surface area contributed by atoms with E-state index in [4.69, 9.17) is 4.74 Å². The van der Waals surface area contributed by atoms with E-state index in [9.17, 15) is 9.59 Å². The number of aromatic nitrogens is 1. The lowest BCUT2D eigenvalue weighted by Gasteiger charge is -2.29. The highest BCUT2D eigenvalue weighted by molar-refractivity contribution is 6.07.